The lowest BCUT2D eigenvalue weighted by Crippen LogP contribution is -2.11. The maximum absolute atomic E-state index is 4.56. The molecule has 4 aromatic carbocycles. The summed E-state index contributed by atoms with van der Waals surface area (Å²) >= 11 is 0. The van der Waals surface area contributed by atoms with Crippen LogP contribution in [0.15, 0.2) is 128 Å². The van der Waals surface area contributed by atoms with Gasteiger partial charge in [0.2, 0.25) is 0 Å². The highest BCUT2D eigenvalue weighted by molar-refractivity contribution is 5.88. The van der Waals surface area contributed by atoms with Crippen molar-refractivity contribution in [3.63, 3.8) is 0 Å². The lowest BCUT2D eigenvalue weighted by atomic mass is 10.0. The Morgan fingerprint density at radius 3 is 2.03 bits per heavy atom. The second-order valence-electron chi connectivity index (χ2n) is 7.82. The molecule has 0 saturated heterocycles. The Bertz CT molecular complexity index is 1330. The summed E-state index contributed by atoms with van der Waals surface area (Å²) in [5, 5.41) is 0. The van der Waals surface area contributed by atoms with Gasteiger partial charge in [0.1, 0.15) is 0 Å². The normalized spacial score (nSPS) is 10.7. The Kier molecular flexibility index (Phi) is 5.50. The summed E-state index contributed by atoms with van der Waals surface area (Å²) in [5.41, 5.74) is 9.05. The van der Waals surface area contributed by atoms with Crippen molar-refractivity contribution in [1.82, 2.24) is 4.98 Å². The van der Waals surface area contributed by atoms with Gasteiger partial charge in [-0.1, -0.05) is 78.9 Å². The summed E-state index contributed by atoms with van der Waals surface area (Å²) in [7, 11) is 0. The molecule has 0 aliphatic heterocycles. The summed E-state index contributed by atoms with van der Waals surface area (Å²) in [6.45, 7) is 2.13. The van der Waals surface area contributed by atoms with Crippen LogP contribution < -0.4 is 4.90 Å². The second kappa shape index (κ2) is 8.91. The topological polar surface area (TPSA) is 16.1 Å². The van der Waals surface area contributed by atoms with E-state index in [1.165, 1.54) is 16.7 Å². The molecule has 5 aromatic rings. The quantitative estimate of drug-likeness (QED) is 0.289. The van der Waals surface area contributed by atoms with E-state index < -0.39 is 0 Å². The fraction of sp³-hybridized carbons (Fsp3) is 0.0333. The van der Waals surface area contributed by atoms with E-state index in [4.69, 9.17) is 0 Å². The van der Waals surface area contributed by atoms with Gasteiger partial charge in [-0.05, 0) is 60.5 Å². The number of anilines is 3. The summed E-state index contributed by atoms with van der Waals surface area (Å²) in [5.74, 6) is 0. The Hall–Kier alpha value is -4.17. The molecule has 2 heteroatoms. The van der Waals surface area contributed by atoms with E-state index in [0.717, 1.165) is 28.3 Å². The minimum atomic E-state index is 0.967. The molecule has 0 N–H and O–H groups in total. The van der Waals surface area contributed by atoms with E-state index in [1.807, 2.05) is 24.4 Å². The number of hydrogen-bond donors (Lipinski definition) is 0. The number of para-hydroxylation sites is 1. The molecule has 32 heavy (non-hydrogen) atoms. The molecule has 0 atom stereocenters. The van der Waals surface area contributed by atoms with Crippen LogP contribution in [0.4, 0.5) is 17.1 Å². The molecule has 0 unspecified atom stereocenters. The van der Waals surface area contributed by atoms with Crippen LogP contribution in [-0.2, 0) is 0 Å². The van der Waals surface area contributed by atoms with Crippen LogP contribution in [0.5, 0.6) is 0 Å². The van der Waals surface area contributed by atoms with Crippen molar-refractivity contribution in [3.8, 4) is 22.4 Å². The van der Waals surface area contributed by atoms with Gasteiger partial charge in [0.25, 0.3) is 0 Å². The van der Waals surface area contributed by atoms with Gasteiger partial charge in [-0.3, -0.25) is 4.98 Å². The van der Waals surface area contributed by atoms with E-state index >= 15 is 0 Å². The van der Waals surface area contributed by atoms with E-state index in [2.05, 4.69) is 120 Å². The molecule has 5 rings (SSSR count). The van der Waals surface area contributed by atoms with E-state index in [0.29, 0.717) is 0 Å². The minimum Gasteiger partial charge on any atom is -0.310 e. The van der Waals surface area contributed by atoms with Gasteiger partial charge in [0.15, 0.2) is 0 Å². The smallest absolute Gasteiger partial charge is 0.0702 e. The highest BCUT2D eigenvalue weighted by Crippen LogP contribution is 2.41. The first kappa shape index (κ1) is 19.8. The molecule has 0 aliphatic rings. The lowest BCUT2D eigenvalue weighted by molar-refractivity contribution is 1.26. The second-order valence-corrected chi connectivity index (χ2v) is 7.82. The summed E-state index contributed by atoms with van der Waals surface area (Å²) in [6.07, 6.45) is 1.84. The average Bonchev–Trinajstić information content (AvgIpc) is 2.86. The summed E-state index contributed by atoms with van der Waals surface area (Å²) in [6, 6.07) is 42.4. The Morgan fingerprint density at radius 2 is 1.25 bits per heavy atom. The molecule has 1 heterocycles. The third kappa shape index (κ3) is 4.03. The lowest BCUT2D eigenvalue weighted by Gasteiger charge is -2.28. The Labute approximate surface area is 189 Å². The number of aryl methyl sites for hydroxylation is 1. The van der Waals surface area contributed by atoms with Gasteiger partial charge in [-0.2, -0.15) is 0 Å². The van der Waals surface area contributed by atoms with Crippen molar-refractivity contribution in [2.24, 2.45) is 0 Å². The largest absolute Gasteiger partial charge is 0.310 e. The van der Waals surface area contributed by atoms with Crippen molar-refractivity contribution < 1.29 is 0 Å². The fourth-order valence-corrected chi connectivity index (χ4v) is 4.06. The standard InChI is InChI=1S/C30H24N2/c1-23-11-9-15-26(21-23)32(27-16-10-14-25(22-27)29-18-7-8-20-31-29)30-19-6-5-17-28(30)24-12-3-2-4-13-24/h2-22H,1H3. The zero-order chi connectivity index (χ0) is 21.8. The van der Waals surface area contributed by atoms with Crippen molar-refractivity contribution in [2.75, 3.05) is 4.90 Å². The van der Waals surface area contributed by atoms with E-state index in [1.54, 1.807) is 0 Å². The number of benzene rings is 4. The van der Waals surface area contributed by atoms with Gasteiger partial charge in [-0.25, -0.2) is 0 Å². The van der Waals surface area contributed by atoms with Crippen LogP contribution in [0.3, 0.4) is 0 Å². The van der Waals surface area contributed by atoms with E-state index in [-0.39, 0.29) is 0 Å². The third-order valence-corrected chi connectivity index (χ3v) is 5.55. The molecule has 0 amide bonds. The van der Waals surface area contributed by atoms with Gasteiger partial charge in [-0.15, -0.1) is 0 Å². The number of pyridine rings is 1. The molecule has 0 radical (unpaired) electrons. The Morgan fingerprint density at radius 1 is 0.562 bits per heavy atom. The van der Waals surface area contributed by atoms with Crippen LogP contribution in [0.25, 0.3) is 22.4 Å². The van der Waals surface area contributed by atoms with Crippen molar-refractivity contribution >= 4 is 17.1 Å². The molecule has 0 aliphatic carbocycles. The third-order valence-electron chi connectivity index (χ3n) is 5.55. The number of hydrogen-bond acceptors (Lipinski definition) is 2. The molecular weight excluding hydrogens is 388 g/mol. The average molecular weight is 413 g/mol. The van der Waals surface area contributed by atoms with Crippen LogP contribution in [-0.4, -0.2) is 4.98 Å². The first-order chi connectivity index (χ1) is 15.8. The van der Waals surface area contributed by atoms with Gasteiger partial charge < -0.3 is 4.90 Å². The van der Waals surface area contributed by atoms with Crippen molar-refractivity contribution in [1.29, 1.82) is 0 Å². The molecule has 0 fully saturated rings. The zero-order valence-electron chi connectivity index (χ0n) is 18.0. The number of aromatic nitrogens is 1. The maximum Gasteiger partial charge on any atom is 0.0702 e. The summed E-state index contributed by atoms with van der Waals surface area (Å²) < 4.78 is 0. The first-order valence-corrected chi connectivity index (χ1v) is 10.8. The van der Waals surface area contributed by atoms with Crippen LogP contribution in [0.2, 0.25) is 0 Å². The van der Waals surface area contributed by atoms with Gasteiger partial charge >= 0.3 is 0 Å². The highest BCUT2D eigenvalue weighted by atomic mass is 15.1. The fourth-order valence-electron chi connectivity index (χ4n) is 4.06. The number of rotatable bonds is 5. The summed E-state index contributed by atoms with van der Waals surface area (Å²) in [4.78, 5) is 6.89. The first-order valence-electron chi connectivity index (χ1n) is 10.8. The van der Waals surface area contributed by atoms with Crippen LogP contribution in [0.1, 0.15) is 5.56 Å². The predicted molar refractivity (Wildman–Crippen MR) is 135 cm³/mol. The molecule has 2 nitrogen and oxygen atoms in total. The SMILES string of the molecule is Cc1cccc(N(c2cccc(-c3ccccn3)c2)c2ccccc2-c2ccccc2)c1. The van der Waals surface area contributed by atoms with Gasteiger partial charge in [0, 0.05) is 28.7 Å². The monoisotopic (exact) mass is 412 g/mol. The highest BCUT2D eigenvalue weighted by Gasteiger charge is 2.17. The molecular formula is C30H24N2. The predicted octanol–water partition coefficient (Wildman–Crippen LogP) is 8.19. The molecule has 1 aromatic heterocycles. The number of nitrogens with zero attached hydrogens (tertiary/aromatic N) is 2. The molecule has 0 spiro atoms. The van der Waals surface area contributed by atoms with Crippen LogP contribution >= 0.6 is 0 Å². The molecule has 0 bridgehead atoms. The molecule has 0 saturated carbocycles. The minimum absolute atomic E-state index is 0.967. The van der Waals surface area contributed by atoms with Crippen molar-refractivity contribution in [3.05, 3.63) is 133 Å². The van der Waals surface area contributed by atoms with Crippen molar-refractivity contribution in [2.45, 2.75) is 6.92 Å². The van der Waals surface area contributed by atoms with Crippen LogP contribution in [0, 0.1) is 6.92 Å². The molecule has 154 valence electrons. The maximum atomic E-state index is 4.56. The van der Waals surface area contributed by atoms with E-state index in [9.17, 15) is 0 Å². The van der Waals surface area contributed by atoms with Gasteiger partial charge in [0.05, 0.1) is 11.4 Å². The Balaban J connectivity index is 1.72. The zero-order valence-corrected chi connectivity index (χ0v) is 18.0.